The number of halogens is 6. The van der Waals surface area contributed by atoms with Crippen LogP contribution in [0, 0.1) is 6.92 Å². The Kier molecular flexibility index (Phi) is 6.70. The molecule has 8 nitrogen and oxygen atoms in total. The molecule has 0 radical (unpaired) electrons. The third-order valence-electron chi connectivity index (χ3n) is 5.89. The van der Waals surface area contributed by atoms with Crippen LogP contribution in [0.2, 0.25) is 30.1 Å². The van der Waals surface area contributed by atoms with Crippen LogP contribution in [0.3, 0.4) is 0 Å². The lowest BCUT2D eigenvalue weighted by Gasteiger charge is -2.22. The van der Waals surface area contributed by atoms with Gasteiger partial charge in [-0.05, 0) is 42.8 Å². The van der Waals surface area contributed by atoms with Gasteiger partial charge in [0.1, 0.15) is 32.8 Å². The number of aliphatic hydroxyl groups is 2. The first kappa shape index (κ1) is 26.9. The smallest absolute Gasteiger partial charge is 0.407 e. The van der Waals surface area contributed by atoms with Gasteiger partial charge in [0.15, 0.2) is 0 Å². The van der Waals surface area contributed by atoms with E-state index in [4.69, 9.17) is 69.6 Å². The molecule has 0 unspecified atom stereocenters. The van der Waals surface area contributed by atoms with E-state index in [2.05, 4.69) is 10.2 Å². The van der Waals surface area contributed by atoms with Crippen molar-refractivity contribution in [3.63, 3.8) is 0 Å². The van der Waals surface area contributed by atoms with Gasteiger partial charge in [0.2, 0.25) is 11.7 Å². The predicted molar refractivity (Wildman–Crippen MR) is 149 cm³/mol. The number of ketones is 1. The molecule has 14 heteroatoms. The molecule has 1 aliphatic carbocycles. The van der Waals surface area contributed by atoms with Crippen LogP contribution < -0.4 is 0 Å². The maximum atomic E-state index is 13.3. The first-order valence-corrected chi connectivity index (χ1v) is 12.8. The van der Waals surface area contributed by atoms with Crippen LogP contribution >= 0.6 is 69.6 Å². The molecule has 3 aromatic rings. The van der Waals surface area contributed by atoms with Gasteiger partial charge in [-0.2, -0.15) is 9.78 Å². The highest BCUT2D eigenvalue weighted by atomic mass is 35.5. The fourth-order valence-corrected chi connectivity index (χ4v) is 6.22. The summed E-state index contributed by atoms with van der Waals surface area (Å²) in [6.45, 7) is 3.06. The minimum atomic E-state index is -0.667. The highest BCUT2D eigenvalue weighted by molar-refractivity contribution is 6.44. The Hall–Kier alpha value is -2.72. The van der Waals surface area contributed by atoms with Gasteiger partial charge in [-0.25, -0.2) is 0 Å². The fourth-order valence-electron chi connectivity index (χ4n) is 4.27. The Balaban J connectivity index is 1.66. The number of hydrogen-bond acceptors (Lipinski definition) is 5. The summed E-state index contributed by atoms with van der Waals surface area (Å²) in [5.74, 6) is -2.12. The summed E-state index contributed by atoms with van der Waals surface area (Å²) in [5.41, 5.74) is 0.176. The third kappa shape index (κ3) is 3.99. The molecule has 0 fully saturated rings. The average Bonchev–Trinajstić information content (AvgIpc) is 3.23. The highest BCUT2D eigenvalue weighted by Gasteiger charge is 2.47. The summed E-state index contributed by atoms with van der Waals surface area (Å²) in [6, 6.07) is 5.67. The number of hydrazone groups is 1. The number of carbonyl (C=O) groups is 1. The third-order valence-corrected chi connectivity index (χ3v) is 7.48. The molecule has 0 saturated carbocycles. The van der Waals surface area contributed by atoms with Crippen molar-refractivity contribution >= 4 is 98.3 Å². The molecule has 194 valence electrons. The van der Waals surface area contributed by atoms with Crippen molar-refractivity contribution in [3.05, 3.63) is 82.6 Å². The van der Waals surface area contributed by atoms with Gasteiger partial charge >= 0.3 is 5.90 Å². The molecule has 38 heavy (non-hydrogen) atoms. The zero-order valence-electron chi connectivity index (χ0n) is 19.1. The van der Waals surface area contributed by atoms with E-state index >= 15 is 0 Å². The van der Waals surface area contributed by atoms with Crippen molar-refractivity contribution in [2.75, 3.05) is 0 Å². The molecule has 2 aromatic carbocycles. The van der Waals surface area contributed by atoms with Gasteiger partial charge in [-0.15, -0.1) is 0 Å². The quantitative estimate of drug-likeness (QED) is 0.203. The lowest BCUT2D eigenvalue weighted by molar-refractivity contribution is -0.450. The number of hydrogen-bond donors (Lipinski definition) is 3. The lowest BCUT2D eigenvalue weighted by atomic mass is 9.80. The number of rotatable bonds is 3. The average molecular weight is 634 g/mol. The van der Waals surface area contributed by atoms with Crippen molar-refractivity contribution in [2.45, 2.75) is 13.8 Å². The van der Waals surface area contributed by atoms with Crippen LogP contribution in [0.1, 0.15) is 18.2 Å². The molecule has 0 bridgehead atoms. The van der Waals surface area contributed by atoms with E-state index in [0.717, 1.165) is 9.37 Å². The number of benzene rings is 2. The second kappa shape index (κ2) is 9.48. The molecule has 1 aliphatic heterocycles. The van der Waals surface area contributed by atoms with Crippen molar-refractivity contribution in [3.8, 4) is 11.6 Å². The van der Waals surface area contributed by atoms with Crippen molar-refractivity contribution < 1.29 is 24.8 Å². The van der Waals surface area contributed by atoms with Gasteiger partial charge in [-0.1, -0.05) is 69.6 Å². The van der Waals surface area contributed by atoms with Crippen molar-refractivity contribution in [2.24, 2.45) is 5.10 Å². The first-order chi connectivity index (χ1) is 17.8. The number of aromatic nitrogens is 2. The summed E-state index contributed by atoms with van der Waals surface area (Å²) in [4.78, 5) is 13.3. The maximum Gasteiger partial charge on any atom is 0.407 e. The Morgan fingerprint density at radius 2 is 1.32 bits per heavy atom. The normalized spacial score (nSPS) is 17.5. The molecule has 5 rings (SSSR count). The summed E-state index contributed by atoms with van der Waals surface area (Å²) < 4.78 is 2.09. The van der Waals surface area contributed by atoms with Gasteiger partial charge in [-0.3, -0.25) is 4.79 Å². The minimum Gasteiger partial charge on any atom is -0.506 e. The fraction of sp³-hybridized carbons (Fsp3) is 0.0833. The molecular formula is C24H13Cl6N4O4+. The van der Waals surface area contributed by atoms with E-state index in [1.54, 1.807) is 0 Å². The first-order valence-electron chi connectivity index (χ1n) is 10.6. The molecule has 1 aromatic heterocycles. The minimum absolute atomic E-state index is 0.0355. The van der Waals surface area contributed by atoms with E-state index in [9.17, 15) is 20.1 Å². The molecule has 0 atom stereocenters. The Bertz CT molecular complexity index is 1710. The number of aliphatic hydroxyl groups excluding tert-OH is 2. The zero-order chi connectivity index (χ0) is 27.8. The Morgan fingerprint density at radius 3 is 1.84 bits per heavy atom. The van der Waals surface area contributed by atoms with Gasteiger partial charge in [0.25, 0.3) is 5.69 Å². The number of Topliss-reactive ketones (excluding diaryl/α,β-unsaturated/α-hetero) is 1. The van der Waals surface area contributed by atoms with Crippen LogP contribution in [0.25, 0.3) is 11.3 Å². The van der Waals surface area contributed by atoms with Gasteiger partial charge < -0.3 is 15.3 Å². The maximum absolute atomic E-state index is 13.3. The van der Waals surface area contributed by atoms with Gasteiger partial charge in [0.05, 0.1) is 32.4 Å². The standard InChI is InChI=1S/C24H12Cl6N4O4/c1-7-15(23(37)33(31-7)19-11(27)3-9(25)4-12(19)28)17-21(35)18(22(17)36)16-8(2)32-34(24(16)38)20-13(29)5-10(26)6-14(20)30/h3-6H,1-2H3,(H2,31,32,35,36,37,38)/p+1. The van der Waals surface area contributed by atoms with E-state index < -0.39 is 23.3 Å². The van der Waals surface area contributed by atoms with Crippen LogP contribution in [0.5, 0.6) is 5.88 Å². The number of aryl methyl sites for hydroxylation is 1. The molecule has 2 heterocycles. The van der Waals surface area contributed by atoms with Crippen LogP contribution in [-0.2, 0) is 4.79 Å². The molecule has 0 amide bonds. The van der Waals surface area contributed by atoms with E-state index in [0.29, 0.717) is 0 Å². The highest BCUT2D eigenvalue weighted by Crippen LogP contribution is 2.46. The van der Waals surface area contributed by atoms with Crippen LogP contribution in [0.4, 0.5) is 5.69 Å². The number of carbonyl (C=O) groups excluding carboxylic acids is 1. The zero-order valence-corrected chi connectivity index (χ0v) is 23.7. The second-order valence-corrected chi connectivity index (χ2v) is 10.8. The Morgan fingerprint density at radius 1 is 0.789 bits per heavy atom. The molecular weight excluding hydrogens is 621 g/mol. The lowest BCUT2D eigenvalue weighted by Crippen LogP contribution is -2.27. The molecule has 3 N–H and O–H groups in total. The van der Waals surface area contributed by atoms with E-state index in [1.807, 2.05) is 0 Å². The number of allylic oxidation sites excluding steroid dienone is 2. The molecule has 0 spiro atoms. The van der Waals surface area contributed by atoms with E-state index in [1.165, 1.54) is 38.1 Å². The summed E-state index contributed by atoms with van der Waals surface area (Å²) in [5, 5.41) is 42.4. The monoisotopic (exact) mass is 631 g/mol. The number of nitrogens with zero attached hydrogens (tertiary/aromatic N) is 4. The topological polar surface area (TPSA) is 111 Å². The summed E-state index contributed by atoms with van der Waals surface area (Å²) in [6.07, 6.45) is 0. The van der Waals surface area contributed by atoms with Crippen molar-refractivity contribution in [1.29, 1.82) is 0 Å². The SMILES string of the molecule is CC1=N[N+](c2c(Cl)cc(Cl)cc2Cl)=C(O)/C1=C1\C(=O)C(c2c(C)nn(-c3c(Cl)cc(Cl)cc3Cl)c2O)=C1O. The predicted octanol–water partition coefficient (Wildman–Crippen LogP) is 7.65. The van der Waals surface area contributed by atoms with Crippen molar-refractivity contribution in [1.82, 2.24) is 9.78 Å². The molecule has 2 aliphatic rings. The summed E-state index contributed by atoms with van der Waals surface area (Å²) >= 11 is 37.0. The number of aromatic hydroxyl groups is 1. The van der Waals surface area contributed by atoms with Gasteiger partial charge in [0, 0.05) is 15.1 Å². The van der Waals surface area contributed by atoms with Crippen LogP contribution in [0.15, 0.2) is 46.3 Å². The summed E-state index contributed by atoms with van der Waals surface area (Å²) in [7, 11) is 0. The molecule has 0 saturated heterocycles. The Labute approximate surface area is 244 Å². The largest absolute Gasteiger partial charge is 0.506 e. The van der Waals surface area contributed by atoms with Crippen LogP contribution in [-0.4, -0.2) is 47.2 Å². The van der Waals surface area contributed by atoms with E-state index in [-0.39, 0.29) is 75.2 Å². The second-order valence-electron chi connectivity index (χ2n) is 8.26.